The van der Waals surface area contributed by atoms with Crippen LogP contribution < -0.4 is 0 Å². The lowest BCUT2D eigenvalue weighted by molar-refractivity contribution is 0.250. The minimum atomic E-state index is -1.04. The molecule has 1 aromatic heterocycles. The largest absolute Gasteiger partial charge is 0.354 e. The Balaban J connectivity index is 1.74. The van der Waals surface area contributed by atoms with E-state index in [9.17, 15) is 8.78 Å². The Bertz CT molecular complexity index is 1030. The molecule has 0 amide bonds. The number of thioether (sulfide) groups is 1. The van der Waals surface area contributed by atoms with Gasteiger partial charge in [-0.15, -0.1) is 0 Å². The van der Waals surface area contributed by atoms with Crippen LogP contribution in [0.15, 0.2) is 53.9 Å². The van der Waals surface area contributed by atoms with Gasteiger partial charge < -0.3 is 4.74 Å². The topological polar surface area (TPSA) is 43.2 Å². The van der Waals surface area contributed by atoms with Gasteiger partial charge in [0, 0.05) is 27.5 Å². The van der Waals surface area contributed by atoms with E-state index in [1.54, 1.807) is 22.5 Å². The van der Waals surface area contributed by atoms with E-state index in [1.807, 2.05) is 18.2 Å². The Hall–Kier alpha value is -1.96. The molecule has 29 heavy (non-hydrogen) atoms. The molecule has 2 aromatic carbocycles. The van der Waals surface area contributed by atoms with Gasteiger partial charge in [-0.3, -0.25) is 0 Å². The molecule has 8 heteroatoms. The summed E-state index contributed by atoms with van der Waals surface area (Å²) in [5.41, 5.74) is -0.00530. The average molecular weight is 436 g/mol. The second-order valence-electron chi connectivity index (χ2n) is 7.07. The zero-order chi connectivity index (χ0) is 20.6. The van der Waals surface area contributed by atoms with Gasteiger partial charge in [0.2, 0.25) is 0 Å². The summed E-state index contributed by atoms with van der Waals surface area (Å²) in [6, 6.07) is 10.8. The number of halogens is 3. The van der Waals surface area contributed by atoms with E-state index in [0.717, 1.165) is 23.2 Å². The fourth-order valence-corrected chi connectivity index (χ4v) is 4.46. The number of benzene rings is 2. The van der Waals surface area contributed by atoms with E-state index in [-0.39, 0.29) is 12.1 Å². The van der Waals surface area contributed by atoms with Crippen LogP contribution >= 0.6 is 23.4 Å². The van der Waals surface area contributed by atoms with Crippen molar-refractivity contribution >= 4 is 23.4 Å². The standard InChI is InChI=1S/C21H20ClF2N3OS/c1-3-13(2)29-20-25-12-26-27(20)11-21(16-9-8-14(23)10-18(16)24)19(28-21)15-6-4-5-7-17(15)22/h4-10,12-13,19H,3,11H2,1-2H3/t13?,19-,21-/m0/s1. The summed E-state index contributed by atoms with van der Waals surface area (Å²) in [6.07, 6.45) is 1.99. The molecule has 0 N–H and O–H groups in total. The van der Waals surface area contributed by atoms with Crippen molar-refractivity contribution in [2.24, 2.45) is 0 Å². The number of hydrogen-bond donors (Lipinski definition) is 0. The van der Waals surface area contributed by atoms with Gasteiger partial charge in [-0.25, -0.2) is 18.4 Å². The molecular formula is C21H20ClF2N3OS. The highest BCUT2D eigenvalue weighted by Crippen LogP contribution is 2.59. The summed E-state index contributed by atoms with van der Waals surface area (Å²) in [7, 11) is 0. The highest BCUT2D eigenvalue weighted by Gasteiger charge is 2.61. The predicted octanol–water partition coefficient (Wildman–Crippen LogP) is 5.77. The lowest BCUT2D eigenvalue weighted by atomic mass is 9.91. The first-order valence-corrected chi connectivity index (χ1v) is 10.6. The maximum atomic E-state index is 14.8. The Morgan fingerprint density at radius 1 is 1.28 bits per heavy atom. The van der Waals surface area contributed by atoms with Gasteiger partial charge in [-0.2, -0.15) is 5.10 Å². The summed E-state index contributed by atoms with van der Waals surface area (Å²) in [5, 5.41) is 5.95. The number of epoxide rings is 1. The number of ether oxygens (including phenoxy) is 1. The summed E-state index contributed by atoms with van der Waals surface area (Å²) >= 11 is 7.97. The van der Waals surface area contributed by atoms with Gasteiger partial charge in [0.1, 0.15) is 29.7 Å². The van der Waals surface area contributed by atoms with Crippen LogP contribution in [0.4, 0.5) is 8.78 Å². The van der Waals surface area contributed by atoms with Gasteiger partial charge in [0.05, 0.1) is 6.54 Å². The van der Waals surface area contributed by atoms with Gasteiger partial charge in [0.15, 0.2) is 5.16 Å². The molecule has 3 aromatic rings. The van der Waals surface area contributed by atoms with Crippen molar-refractivity contribution in [3.05, 3.63) is 76.6 Å². The summed E-state index contributed by atoms with van der Waals surface area (Å²) in [4.78, 5) is 4.34. The number of aromatic nitrogens is 3. The molecule has 4 nitrogen and oxygen atoms in total. The summed E-state index contributed by atoms with van der Waals surface area (Å²) < 4.78 is 36.1. The quantitative estimate of drug-likeness (QED) is 0.349. The zero-order valence-corrected chi connectivity index (χ0v) is 17.6. The molecule has 1 fully saturated rings. The molecule has 0 radical (unpaired) electrons. The Morgan fingerprint density at radius 2 is 2.07 bits per heavy atom. The minimum Gasteiger partial charge on any atom is -0.354 e. The van der Waals surface area contributed by atoms with Crippen molar-refractivity contribution in [3.63, 3.8) is 0 Å². The van der Waals surface area contributed by atoms with E-state index in [4.69, 9.17) is 16.3 Å². The normalized spacial score (nSPS) is 21.9. The molecule has 1 unspecified atom stereocenters. The smallest absolute Gasteiger partial charge is 0.186 e. The van der Waals surface area contributed by atoms with Crippen molar-refractivity contribution < 1.29 is 13.5 Å². The molecule has 4 rings (SSSR count). The van der Waals surface area contributed by atoms with Gasteiger partial charge >= 0.3 is 0 Å². The van der Waals surface area contributed by atoms with Gasteiger partial charge in [0.25, 0.3) is 0 Å². The average Bonchev–Trinajstić information content (AvgIpc) is 3.24. The van der Waals surface area contributed by atoms with Gasteiger partial charge in [-0.1, -0.05) is 61.5 Å². The first-order chi connectivity index (χ1) is 13.9. The number of nitrogens with zero attached hydrogens (tertiary/aromatic N) is 3. The lowest BCUT2D eigenvalue weighted by Crippen LogP contribution is -2.22. The third-order valence-electron chi connectivity index (χ3n) is 5.12. The third kappa shape index (κ3) is 3.91. The molecule has 1 aliphatic rings. The van der Waals surface area contributed by atoms with Crippen LogP contribution in [-0.2, 0) is 16.9 Å². The molecule has 2 heterocycles. The molecule has 1 aliphatic heterocycles. The van der Waals surface area contributed by atoms with Crippen LogP contribution in [0.2, 0.25) is 5.02 Å². The summed E-state index contributed by atoms with van der Waals surface area (Å²) in [6.45, 7) is 4.45. The van der Waals surface area contributed by atoms with E-state index < -0.39 is 23.3 Å². The van der Waals surface area contributed by atoms with Crippen molar-refractivity contribution in [1.29, 1.82) is 0 Å². The van der Waals surface area contributed by atoms with Gasteiger partial charge in [-0.05, 0) is 18.6 Å². The molecule has 0 spiro atoms. The third-order valence-corrected chi connectivity index (χ3v) is 6.72. The zero-order valence-electron chi connectivity index (χ0n) is 16.0. The van der Waals surface area contributed by atoms with Crippen LogP contribution in [-0.4, -0.2) is 20.0 Å². The van der Waals surface area contributed by atoms with Crippen molar-refractivity contribution in [3.8, 4) is 0 Å². The second kappa shape index (κ2) is 8.05. The van der Waals surface area contributed by atoms with E-state index in [2.05, 4.69) is 23.9 Å². The van der Waals surface area contributed by atoms with Crippen LogP contribution in [0, 0.1) is 11.6 Å². The fourth-order valence-electron chi connectivity index (χ4n) is 3.36. The van der Waals surface area contributed by atoms with E-state index in [1.165, 1.54) is 18.5 Å². The molecule has 3 atom stereocenters. The Morgan fingerprint density at radius 3 is 2.79 bits per heavy atom. The number of hydrogen-bond acceptors (Lipinski definition) is 4. The highest BCUT2D eigenvalue weighted by molar-refractivity contribution is 7.99. The minimum absolute atomic E-state index is 0.240. The van der Waals surface area contributed by atoms with Crippen LogP contribution in [0.1, 0.15) is 37.5 Å². The molecule has 1 saturated heterocycles. The molecule has 0 aliphatic carbocycles. The molecule has 0 bridgehead atoms. The fraction of sp³-hybridized carbons (Fsp3) is 0.333. The SMILES string of the molecule is CCC(C)Sc1ncnn1C[C@@]1(c2ccc(F)cc2F)O[C@H]1c1ccccc1Cl. The first kappa shape index (κ1) is 20.3. The predicted molar refractivity (Wildman–Crippen MR) is 109 cm³/mol. The highest BCUT2D eigenvalue weighted by atomic mass is 35.5. The summed E-state index contributed by atoms with van der Waals surface area (Å²) in [5.74, 6) is -1.29. The van der Waals surface area contributed by atoms with Crippen LogP contribution in [0.3, 0.4) is 0 Å². The number of rotatable bonds is 7. The first-order valence-electron chi connectivity index (χ1n) is 9.37. The Kier molecular flexibility index (Phi) is 5.64. The lowest BCUT2D eigenvalue weighted by Gasteiger charge is -2.17. The monoisotopic (exact) mass is 435 g/mol. The maximum absolute atomic E-state index is 14.8. The maximum Gasteiger partial charge on any atom is 0.186 e. The van der Waals surface area contributed by atoms with Crippen molar-refractivity contribution in [2.75, 3.05) is 0 Å². The van der Waals surface area contributed by atoms with Crippen molar-refractivity contribution in [1.82, 2.24) is 14.8 Å². The van der Waals surface area contributed by atoms with Crippen LogP contribution in [0.25, 0.3) is 0 Å². The molecule has 0 saturated carbocycles. The van der Waals surface area contributed by atoms with Crippen molar-refractivity contribution in [2.45, 2.75) is 48.9 Å². The molecule has 152 valence electrons. The van der Waals surface area contributed by atoms with Crippen LogP contribution in [0.5, 0.6) is 0 Å². The Labute approximate surface area is 177 Å². The van der Waals surface area contributed by atoms with E-state index >= 15 is 0 Å². The second-order valence-corrected chi connectivity index (χ2v) is 8.88. The molecular weight excluding hydrogens is 416 g/mol. The van der Waals surface area contributed by atoms with E-state index in [0.29, 0.717) is 10.3 Å².